The van der Waals surface area contributed by atoms with E-state index >= 15 is 0 Å². The van der Waals surface area contributed by atoms with Crippen molar-refractivity contribution in [3.05, 3.63) is 277 Å². The Hall–Kier alpha value is -8.66. The van der Waals surface area contributed by atoms with Gasteiger partial charge in [-0.1, -0.05) is 182 Å². The van der Waals surface area contributed by atoms with Crippen molar-refractivity contribution in [1.82, 2.24) is 0 Å². The number of hydrogen-bond donors (Lipinski definition) is 0. The number of para-hydroxylation sites is 2. The van der Waals surface area contributed by atoms with Crippen LogP contribution in [0.3, 0.4) is 0 Å². The summed E-state index contributed by atoms with van der Waals surface area (Å²) in [5.74, 6) is 0.830. The molecule has 1 aromatic heterocycles. The second kappa shape index (κ2) is 20.1. The number of unbranched alkanes of at least 4 members (excludes halogenated alkanes) is 1. The Bertz CT molecular complexity index is 3540. The number of anilines is 6. The van der Waals surface area contributed by atoms with Crippen molar-refractivity contribution in [1.29, 1.82) is 0 Å². The highest BCUT2D eigenvalue weighted by Gasteiger charge is 2.20. The Balaban J connectivity index is 0.892. The zero-order valence-electron chi connectivity index (χ0n) is 38.5. The first kappa shape index (κ1) is 42.9. The van der Waals surface area contributed by atoms with Gasteiger partial charge in [0.25, 0.3) is 0 Å². The first-order valence-electron chi connectivity index (χ1n) is 24.0. The number of hydrogen-bond acceptors (Lipinski definition) is 3. The lowest BCUT2D eigenvalue weighted by atomic mass is 9.96. The van der Waals surface area contributed by atoms with Crippen LogP contribution in [0.2, 0.25) is 0 Å². The average molecular weight is 889 g/mol. The molecule has 0 spiro atoms. The molecule has 0 fully saturated rings. The monoisotopic (exact) mass is 888 g/mol. The molecule has 0 aliphatic rings. The van der Waals surface area contributed by atoms with E-state index < -0.39 is 0 Å². The molecule has 11 rings (SSSR count). The van der Waals surface area contributed by atoms with Gasteiger partial charge in [-0.05, 0) is 144 Å². The predicted molar refractivity (Wildman–Crippen MR) is 294 cm³/mol. The molecule has 0 N–H and O–H groups in total. The Morgan fingerprint density at radius 2 is 0.899 bits per heavy atom. The number of allylic oxidation sites excluding steroid dienone is 2. The second-order valence-corrected chi connectivity index (χ2v) is 17.6. The standard InChI is InChI=1S/C66H52N2O/c1-5-21-49(22-6-1)25-13-15-27-51-39-44-63(61-35-19-17-33-59(51)61)67(55-29-9-3-10-30-55)57-41-37-53(38-42-57)66-48-54-47-58(43-46-65(54)69-66)68(56-31-11-4-12-32-56)64-45-40-52(60-34-18-20-36-62(60)64)28-16-14-26-50-23-7-2-8-24-50/h1-12,14,16-24,26,28-48H,13,15,25,27H2/b26-14+,28-16+. The first-order chi connectivity index (χ1) is 34.2. The highest BCUT2D eigenvalue weighted by atomic mass is 16.3. The lowest BCUT2D eigenvalue weighted by Crippen LogP contribution is -2.10. The summed E-state index contributed by atoms with van der Waals surface area (Å²) in [6, 6.07) is 86.7. The summed E-state index contributed by atoms with van der Waals surface area (Å²) in [5.41, 5.74) is 13.6. The van der Waals surface area contributed by atoms with Gasteiger partial charge in [0.1, 0.15) is 11.3 Å². The molecule has 0 saturated heterocycles. The summed E-state index contributed by atoms with van der Waals surface area (Å²) in [6.45, 7) is 0. The Morgan fingerprint density at radius 3 is 1.59 bits per heavy atom. The molecule has 332 valence electrons. The number of nitrogens with zero attached hydrogens (tertiary/aromatic N) is 2. The van der Waals surface area contributed by atoms with Crippen LogP contribution in [-0.4, -0.2) is 0 Å². The van der Waals surface area contributed by atoms with Gasteiger partial charge in [-0.3, -0.25) is 0 Å². The summed E-state index contributed by atoms with van der Waals surface area (Å²) >= 11 is 0. The van der Waals surface area contributed by atoms with Crippen molar-refractivity contribution in [2.45, 2.75) is 25.7 Å². The second-order valence-electron chi connectivity index (χ2n) is 17.6. The molecule has 0 unspecified atom stereocenters. The third-order valence-electron chi connectivity index (χ3n) is 13.1. The maximum atomic E-state index is 6.62. The molecule has 0 saturated carbocycles. The van der Waals surface area contributed by atoms with E-state index in [1.54, 1.807) is 0 Å². The molecule has 0 amide bonds. The van der Waals surface area contributed by atoms with E-state index in [0.29, 0.717) is 0 Å². The number of rotatable bonds is 15. The number of fused-ring (bicyclic) bond motifs is 3. The highest BCUT2D eigenvalue weighted by molar-refractivity contribution is 6.04. The van der Waals surface area contributed by atoms with Crippen molar-refractivity contribution in [2.24, 2.45) is 0 Å². The number of benzene rings is 10. The van der Waals surface area contributed by atoms with Gasteiger partial charge in [-0.2, -0.15) is 0 Å². The summed E-state index contributed by atoms with van der Waals surface area (Å²) in [4.78, 5) is 4.73. The van der Waals surface area contributed by atoms with Crippen molar-refractivity contribution in [3.8, 4) is 11.3 Å². The number of aryl methyl sites for hydroxylation is 2. The molecule has 0 bridgehead atoms. The minimum atomic E-state index is 0.830. The molecular formula is C66H52N2O. The van der Waals surface area contributed by atoms with Crippen LogP contribution in [0.1, 0.15) is 35.1 Å². The van der Waals surface area contributed by atoms with Crippen LogP contribution in [0.15, 0.2) is 259 Å². The third-order valence-corrected chi connectivity index (χ3v) is 13.1. The van der Waals surface area contributed by atoms with E-state index in [1.165, 1.54) is 50.2 Å². The maximum Gasteiger partial charge on any atom is 0.135 e. The molecule has 0 radical (unpaired) electrons. The fourth-order valence-electron chi connectivity index (χ4n) is 9.68. The highest BCUT2D eigenvalue weighted by Crippen LogP contribution is 2.43. The van der Waals surface area contributed by atoms with Crippen LogP contribution in [0.4, 0.5) is 34.1 Å². The quantitative estimate of drug-likeness (QED) is 0.0755. The minimum Gasteiger partial charge on any atom is -0.456 e. The van der Waals surface area contributed by atoms with E-state index in [0.717, 1.165) is 75.7 Å². The molecule has 1 heterocycles. The van der Waals surface area contributed by atoms with Gasteiger partial charge in [-0.15, -0.1) is 0 Å². The van der Waals surface area contributed by atoms with Crippen LogP contribution in [0.5, 0.6) is 0 Å². The fourth-order valence-corrected chi connectivity index (χ4v) is 9.68. The molecule has 3 nitrogen and oxygen atoms in total. The molecule has 3 heteroatoms. The fraction of sp³-hybridized carbons (Fsp3) is 0.0606. The summed E-state index contributed by atoms with van der Waals surface area (Å²) in [7, 11) is 0. The van der Waals surface area contributed by atoms with Gasteiger partial charge in [0, 0.05) is 44.5 Å². The molecule has 0 aliphatic carbocycles. The normalized spacial score (nSPS) is 11.6. The topological polar surface area (TPSA) is 19.6 Å². The Morgan fingerprint density at radius 1 is 0.377 bits per heavy atom. The zero-order valence-corrected chi connectivity index (χ0v) is 38.5. The van der Waals surface area contributed by atoms with Crippen LogP contribution in [0.25, 0.3) is 56.0 Å². The van der Waals surface area contributed by atoms with Crippen molar-refractivity contribution < 1.29 is 4.42 Å². The molecular weight excluding hydrogens is 837 g/mol. The summed E-state index contributed by atoms with van der Waals surface area (Å²) in [6.07, 6.45) is 13.0. The Kier molecular flexibility index (Phi) is 12.5. The smallest absolute Gasteiger partial charge is 0.135 e. The van der Waals surface area contributed by atoms with Gasteiger partial charge < -0.3 is 14.2 Å². The average Bonchev–Trinajstić information content (AvgIpc) is 3.85. The lowest BCUT2D eigenvalue weighted by Gasteiger charge is -2.27. The molecule has 0 atom stereocenters. The van der Waals surface area contributed by atoms with E-state index in [2.05, 4.69) is 271 Å². The van der Waals surface area contributed by atoms with Crippen LogP contribution in [-0.2, 0) is 12.8 Å². The van der Waals surface area contributed by atoms with Crippen LogP contribution < -0.4 is 9.80 Å². The minimum absolute atomic E-state index is 0.830. The Labute approximate surface area is 405 Å². The first-order valence-corrected chi connectivity index (χ1v) is 24.0. The van der Waals surface area contributed by atoms with E-state index in [9.17, 15) is 0 Å². The van der Waals surface area contributed by atoms with Crippen molar-refractivity contribution in [3.63, 3.8) is 0 Å². The third kappa shape index (κ3) is 9.36. The van der Waals surface area contributed by atoms with E-state index in [-0.39, 0.29) is 0 Å². The van der Waals surface area contributed by atoms with Gasteiger partial charge in [0.15, 0.2) is 0 Å². The van der Waals surface area contributed by atoms with Crippen LogP contribution in [0, 0.1) is 0 Å². The number of furan rings is 1. The zero-order chi connectivity index (χ0) is 46.2. The molecule has 0 aliphatic heterocycles. The van der Waals surface area contributed by atoms with Gasteiger partial charge in [0.05, 0.1) is 11.4 Å². The molecule has 69 heavy (non-hydrogen) atoms. The summed E-state index contributed by atoms with van der Waals surface area (Å²) in [5, 5.41) is 5.96. The molecule has 10 aromatic carbocycles. The van der Waals surface area contributed by atoms with Crippen LogP contribution >= 0.6 is 0 Å². The van der Waals surface area contributed by atoms with E-state index in [4.69, 9.17) is 4.42 Å². The van der Waals surface area contributed by atoms with Gasteiger partial charge in [-0.25, -0.2) is 0 Å². The van der Waals surface area contributed by atoms with Crippen molar-refractivity contribution >= 4 is 78.8 Å². The predicted octanol–water partition coefficient (Wildman–Crippen LogP) is 18.6. The van der Waals surface area contributed by atoms with E-state index in [1.807, 2.05) is 6.07 Å². The molecule has 11 aromatic rings. The largest absolute Gasteiger partial charge is 0.456 e. The maximum absolute atomic E-state index is 6.62. The van der Waals surface area contributed by atoms with Gasteiger partial charge in [0.2, 0.25) is 0 Å². The SMILES string of the molecule is C(/C=C/c1ccc(N(c2ccccc2)c2ccc3oc(-c4ccc(N(c5ccccc5)c5ccc(CCCCc6ccccc6)c6ccccc56)cc4)cc3c2)c2ccccc12)=C\c1ccccc1. The van der Waals surface area contributed by atoms with Gasteiger partial charge >= 0.3 is 0 Å². The lowest BCUT2D eigenvalue weighted by molar-refractivity contribution is 0.631. The summed E-state index contributed by atoms with van der Waals surface area (Å²) < 4.78 is 6.62. The van der Waals surface area contributed by atoms with Crippen molar-refractivity contribution in [2.75, 3.05) is 9.80 Å².